The monoisotopic (exact) mass is 549 g/mol. The van der Waals surface area contributed by atoms with Crippen LogP contribution in [0, 0.1) is 13.8 Å². The van der Waals surface area contributed by atoms with Gasteiger partial charge in [-0.25, -0.2) is 18.2 Å². The van der Waals surface area contributed by atoms with Crippen LogP contribution in [0.5, 0.6) is 0 Å². The summed E-state index contributed by atoms with van der Waals surface area (Å²) in [5.74, 6) is 0.741. The number of cyclic esters (lactones) is 1. The number of ether oxygens (including phenoxy) is 1. The van der Waals surface area contributed by atoms with Crippen LogP contribution < -0.4 is 14.1 Å². The lowest BCUT2D eigenvalue weighted by atomic mass is 10.1. The molecule has 3 fully saturated rings. The van der Waals surface area contributed by atoms with Crippen LogP contribution in [0.1, 0.15) is 34.8 Å². The molecule has 4 heterocycles. The minimum Gasteiger partial charge on any atom is -0.447 e. The molecule has 2 aromatic rings. The van der Waals surface area contributed by atoms with Crippen molar-refractivity contribution in [2.24, 2.45) is 0 Å². The molecule has 3 aliphatic rings. The Morgan fingerprint density at radius 2 is 1.81 bits per heavy atom. The molecule has 3 aliphatic heterocycles. The second-order valence-corrected chi connectivity index (χ2v) is 11.7. The predicted molar refractivity (Wildman–Crippen MR) is 145 cm³/mol. The van der Waals surface area contributed by atoms with Gasteiger partial charge in [-0.1, -0.05) is 6.07 Å². The largest absolute Gasteiger partial charge is 0.447 e. The summed E-state index contributed by atoms with van der Waals surface area (Å²) in [7, 11) is -3.54. The number of amides is 2. The number of carbonyl (C=O) groups is 2. The van der Waals surface area contributed by atoms with Crippen LogP contribution in [0.4, 0.5) is 22.0 Å². The van der Waals surface area contributed by atoms with E-state index in [2.05, 4.69) is 16.0 Å². The fraction of sp³-hybridized carbons (Fsp3) is 0.480. The first-order valence-corrected chi connectivity index (χ1v) is 13.8. The average molecular weight is 550 g/mol. The Morgan fingerprint density at radius 1 is 1.08 bits per heavy atom. The summed E-state index contributed by atoms with van der Waals surface area (Å²) in [4.78, 5) is 36.0. The Hall–Kier alpha value is -3.05. The maximum atomic E-state index is 13.7. The van der Waals surface area contributed by atoms with Crippen LogP contribution in [0.3, 0.4) is 0 Å². The fourth-order valence-corrected chi connectivity index (χ4v) is 6.75. The Morgan fingerprint density at radius 3 is 2.41 bits per heavy atom. The lowest BCUT2D eigenvalue weighted by molar-refractivity contribution is 0.0747. The smallest absolute Gasteiger partial charge is 0.414 e. The van der Waals surface area contributed by atoms with Crippen molar-refractivity contribution >= 4 is 51.6 Å². The van der Waals surface area contributed by atoms with E-state index in [9.17, 15) is 18.0 Å². The van der Waals surface area contributed by atoms with E-state index in [1.54, 1.807) is 23.1 Å². The van der Waals surface area contributed by atoms with Gasteiger partial charge in [0, 0.05) is 44.6 Å². The topological polar surface area (TPSA) is 103 Å². The lowest BCUT2D eigenvalue weighted by Gasteiger charge is -2.36. The standard InChI is InChI=1S/C25H31N5O5S.ClH/c1-17-13-18(2)23(26-15-17)27-8-10-28(11-9-27)24(31)21-6-5-20(30-19(3)16-35-25(30)32)14-22(21)29-7-4-12-36(29,33)34;/h5-6,13-15,19H,4,7-12,16H2,1-3H3;1H. The highest BCUT2D eigenvalue weighted by molar-refractivity contribution is 7.93. The quantitative estimate of drug-likeness (QED) is 0.577. The minimum atomic E-state index is -3.54. The summed E-state index contributed by atoms with van der Waals surface area (Å²) in [6.07, 6.45) is 1.86. The van der Waals surface area contributed by atoms with Crippen molar-refractivity contribution in [1.82, 2.24) is 9.88 Å². The highest BCUT2D eigenvalue weighted by atomic mass is 35.5. The van der Waals surface area contributed by atoms with E-state index in [-0.39, 0.29) is 36.7 Å². The summed E-state index contributed by atoms with van der Waals surface area (Å²) < 4.78 is 32.1. The number of sulfonamides is 1. The van der Waals surface area contributed by atoms with E-state index in [1.807, 2.05) is 27.0 Å². The van der Waals surface area contributed by atoms with Gasteiger partial charge in [-0.3, -0.25) is 14.0 Å². The molecule has 2 amide bonds. The van der Waals surface area contributed by atoms with Crippen molar-refractivity contribution in [2.75, 3.05) is 59.2 Å². The van der Waals surface area contributed by atoms with Crippen LogP contribution in [0.25, 0.3) is 0 Å². The molecule has 0 radical (unpaired) electrons. The maximum absolute atomic E-state index is 13.7. The normalized spacial score (nSPS) is 21.2. The molecule has 37 heavy (non-hydrogen) atoms. The summed E-state index contributed by atoms with van der Waals surface area (Å²) >= 11 is 0. The minimum absolute atomic E-state index is 0. The molecule has 0 spiro atoms. The molecule has 1 aromatic carbocycles. The van der Waals surface area contributed by atoms with Crippen LogP contribution >= 0.6 is 12.4 Å². The van der Waals surface area contributed by atoms with E-state index in [4.69, 9.17) is 4.74 Å². The third-order valence-corrected chi connectivity index (χ3v) is 8.85. The summed E-state index contributed by atoms with van der Waals surface area (Å²) in [6.45, 7) is 8.74. The zero-order chi connectivity index (χ0) is 25.6. The zero-order valence-electron chi connectivity index (χ0n) is 21.2. The molecule has 1 atom stereocenters. The molecule has 0 N–H and O–H groups in total. The van der Waals surface area contributed by atoms with E-state index >= 15 is 0 Å². The number of anilines is 3. The van der Waals surface area contributed by atoms with Crippen LogP contribution in [-0.2, 0) is 14.8 Å². The van der Waals surface area contributed by atoms with E-state index in [0.717, 1.165) is 16.9 Å². The number of carbonyl (C=O) groups excluding carboxylic acids is 2. The van der Waals surface area contributed by atoms with Gasteiger partial charge in [-0.15, -0.1) is 12.4 Å². The lowest BCUT2D eigenvalue weighted by Crippen LogP contribution is -2.49. The van der Waals surface area contributed by atoms with E-state index in [0.29, 0.717) is 56.1 Å². The molecule has 1 aromatic heterocycles. The zero-order valence-corrected chi connectivity index (χ0v) is 22.8. The van der Waals surface area contributed by atoms with Gasteiger partial charge in [0.2, 0.25) is 10.0 Å². The summed E-state index contributed by atoms with van der Waals surface area (Å²) in [5.41, 5.74) is 3.36. The molecule has 0 bridgehead atoms. The number of rotatable bonds is 4. The van der Waals surface area contributed by atoms with Crippen molar-refractivity contribution in [3.05, 3.63) is 47.2 Å². The first-order chi connectivity index (χ1) is 17.2. The number of aromatic nitrogens is 1. The van der Waals surface area contributed by atoms with Crippen LogP contribution in [-0.4, -0.2) is 81.4 Å². The maximum Gasteiger partial charge on any atom is 0.414 e. The molecule has 3 saturated heterocycles. The molecule has 10 nitrogen and oxygen atoms in total. The number of aryl methyl sites for hydroxylation is 2. The second-order valence-electron chi connectivity index (χ2n) is 9.67. The fourth-order valence-electron chi connectivity index (χ4n) is 5.17. The van der Waals surface area contributed by atoms with Crippen molar-refractivity contribution in [3.8, 4) is 0 Å². The van der Waals surface area contributed by atoms with Gasteiger partial charge in [0.25, 0.3) is 5.91 Å². The van der Waals surface area contributed by atoms with E-state index in [1.165, 1.54) is 9.21 Å². The Balaban J connectivity index is 0.00000320. The first kappa shape index (κ1) is 27.0. The van der Waals surface area contributed by atoms with Crippen molar-refractivity contribution < 1.29 is 22.7 Å². The van der Waals surface area contributed by atoms with E-state index < -0.39 is 16.1 Å². The molecular formula is C25H32ClN5O5S. The van der Waals surface area contributed by atoms with Crippen molar-refractivity contribution in [1.29, 1.82) is 0 Å². The van der Waals surface area contributed by atoms with Gasteiger partial charge in [-0.05, 0) is 56.5 Å². The first-order valence-electron chi connectivity index (χ1n) is 12.2. The van der Waals surface area contributed by atoms with Gasteiger partial charge in [0.15, 0.2) is 0 Å². The van der Waals surface area contributed by atoms with Gasteiger partial charge in [0.05, 0.1) is 23.0 Å². The number of piperazine rings is 1. The molecule has 0 saturated carbocycles. The summed E-state index contributed by atoms with van der Waals surface area (Å²) in [5, 5.41) is 0. The van der Waals surface area contributed by atoms with Crippen LogP contribution in [0.2, 0.25) is 0 Å². The molecule has 12 heteroatoms. The SMILES string of the molecule is Cc1cnc(N2CCN(C(=O)c3ccc(N4C(=O)OCC4C)cc3N3CCCS3(=O)=O)CC2)c(C)c1.Cl. The predicted octanol–water partition coefficient (Wildman–Crippen LogP) is 2.97. The van der Waals surface area contributed by atoms with Crippen molar-refractivity contribution in [3.63, 3.8) is 0 Å². The van der Waals surface area contributed by atoms with Gasteiger partial charge >= 0.3 is 6.09 Å². The number of benzene rings is 1. The third kappa shape index (κ3) is 5.06. The molecule has 1 unspecified atom stereocenters. The second kappa shape index (κ2) is 10.4. The Kier molecular flexibility index (Phi) is 7.57. The summed E-state index contributed by atoms with van der Waals surface area (Å²) in [6, 6.07) is 6.88. The van der Waals surface area contributed by atoms with Gasteiger partial charge < -0.3 is 14.5 Å². The number of halogens is 1. The van der Waals surface area contributed by atoms with Gasteiger partial charge in [0.1, 0.15) is 12.4 Å². The molecule has 0 aliphatic carbocycles. The molecule has 200 valence electrons. The van der Waals surface area contributed by atoms with Crippen molar-refractivity contribution in [2.45, 2.75) is 33.2 Å². The molecular weight excluding hydrogens is 518 g/mol. The number of hydrogen-bond donors (Lipinski definition) is 0. The number of nitrogens with zero attached hydrogens (tertiary/aromatic N) is 5. The highest BCUT2D eigenvalue weighted by Gasteiger charge is 2.36. The average Bonchev–Trinajstić information content (AvgIpc) is 3.38. The number of pyridine rings is 1. The molecule has 5 rings (SSSR count). The highest BCUT2D eigenvalue weighted by Crippen LogP contribution is 2.35. The Bertz CT molecular complexity index is 1310. The number of hydrogen-bond acceptors (Lipinski definition) is 7. The third-order valence-electron chi connectivity index (χ3n) is 7.00. The van der Waals surface area contributed by atoms with Gasteiger partial charge in [-0.2, -0.15) is 0 Å². The Labute approximate surface area is 223 Å². The van der Waals surface area contributed by atoms with Crippen LogP contribution in [0.15, 0.2) is 30.5 Å².